The van der Waals surface area contributed by atoms with Crippen LogP contribution in [0.4, 0.5) is 0 Å². The molecule has 0 atom stereocenters. The van der Waals surface area contributed by atoms with Crippen molar-refractivity contribution in [3.05, 3.63) is 29.6 Å². The van der Waals surface area contributed by atoms with E-state index >= 15 is 0 Å². The summed E-state index contributed by atoms with van der Waals surface area (Å²) in [6.07, 6.45) is 6.62. The number of aromatic nitrogens is 1. The summed E-state index contributed by atoms with van der Waals surface area (Å²) in [5.41, 5.74) is 6.31. The van der Waals surface area contributed by atoms with E-state index in [4.69, 9.17) is 5.73 Å². The lowest BCUT2D eigenvalue weighted by Crippen LogP contribution is -2.57. The quantitative estimate of drug-likeness (QED) is 0.830. The van der Waals surface area contributed by atoms with Crippen molar-refractivity contribution in [3.63, 3.8) is 0 Å². The lowest BCUT2D eigenvalue weighted by atomic mass is 9.76. The van der Waals surface area contributed by atoms with Gasteiger partial charge >= 0.3 is 0 Å². The number of nitrogens with zero attached hydrogens (tertiary/aromatic N) is 2. The van der Waals surface area contributed by atoms with E-state index in [9.17, 15) is 9.59 Å². The summed E-state index contributed by atoms with van der Waals surface area (Å²) in [5.74, 6) is 0.178. The molecule has 1 aliphatic heterocycles. The molecule has 2 aliphatic rings. The Balaban J connectivity index is 1.99. The van der Waals surface area contributed by atoms with Gasteiger partial charge in [-0.2, -0.15) is 0 Å². The van der Waals surface area contributed by atoms with E-state index in [-0.39, 0.29) is 11.8 Å². The molecule has 0 bridgehead atoms. The largest absolute Gasteiger partial charge is 0.328 e. The Morgan fingerprint density at radius 2 is 1.95 bits per heavy atom. The van der Waals surface area contributed by atoms with E-state index in [1.807, 2.05) is 0 Å². The first-order valence-corrected chi connectivity index (χ1v) is 7.12. The second-order valence-corrected chi connectivity index (χ2v) is 5.98. The maximum atomic E-state index is 12.6. The van der Waals surface area contributed by atoms with Gasteiger partial charge in [0.25, 0.3) is 11.8 Å². The fraction of sp³-hybridized carbons (Fsp3) is 0.533. The summed E-state index contributed by atoms with van der Waals surface area (Å²) in [6.45, 7) is 2.53. The second kappa shape index (κ2) is 4.66. The van der Waals surface area contributed by atoms with Crippen LogP contribution in [0.15, 0.2) is 18.5 Å². The minimum absolute atomic E-state index is 0.215. The van der Waals surface area contributed by atoms with Crippen molar-refractivity contribution in [1.82, 2.24) is 9.88 Å². The van der Waals surface area contributed by atoms with Crippen LogP contribution in [0.25, 0.3) is 0 Å². The van der Waals surface area contributed by atoms with Crippen LogP contribution < -0.4 is 5.73 Å². The molecule has 3 rings (SSSR count). The van der Waals surface area contributed by atoms with Crippen LogP contribution in [0.1, 0.15) is 53.3 Å². The molecular weight excluding hydrogens is 254 g/mol. The molecular formula is C15H19N3O2. The number of carbonyl (C=O) groups is 2. The summed E-state index contributed by atoms with van der Waals surface area (Å²) in [5, 5.41) is 0. The van der Waals surface area contributed by atoms with Crippen molar-refractivity contribution >= 4 is 11.8 Å². The molecule has 2 N–H and O–H groups in total. The number of imide groups is 1. The standard InChI is InChI=1S/C15H19N3O2/c1-10-2-5-15(9-16,6-3-10)18-13(19)11-4-7-17-8-12(11)14(18)20/h4,7-8,10H,2-3,5-6,9,16H2,1H3. The molecule has 1 fully saturated rings. The summed E-state index contributed by atoms with van der Waals surface area (Å²) >= 11 is 0. The fourth-order valence-corrected chi connectivity index (χ4v) is 3.33. The Hall–Kier alpha value is -1.75. The van der Waals surface area contributed by atoms with Gasteiger partial charge in [-0.05, 0) is 37.7 Å². The number of carbonyl (C=O) groups excluding carboxylic acids is 2. The zero-order valence-electron chi connectivity index (χ0n) is 11.6. The second-order valence-electron chi connectivity index (χ2n) is 5.98. The van der Waals surface area contributed by atoms with Gasteiger partial charge < -0.3 is 5.73 Å². The minimum Gasteiger partial charge on any atom is -0.328 e. The van der Waals surface area contributed by atoms with Gasteiger partial charge in [-0.1, -0.05) is 6.92 Å². The van der Waals surface area contributed by atoms with Crippen LogP contribution in [-0.2, 0) is 0 Å². The summed E-state index contributed by atoms with van der Waals surface area (Å²) in [7, 11) is 0. The molecule has 0 radical (unpaired) electrons. The predicted octanol–water partition coefficient (Wildman–Crippen LogP) is 1.59. The van der Waals surface area contributed by atoms with Gasteiger partial charge in [0.2, 0.25) is 0 Å². The minimum atomic E-state index is -0.514. The highest BCUT2D eigenvalue weighted by atomic mass is 16.2. The number of nitrogens with two attached hydrogens (primary N) is 1. The molecule has 1 aliphatic carbocycles. The molecule has 1 aromatic rings. The van der Waals surface area contributed by atoms with Crippen molar-refractivity contribution in [2.75, 3.05) is 6.54 Å². The third-order valence-electron chi connectivity index (χ3n) is 4.75. The van der Waals surface area contributed by atoms with Crippen molar-refractivity contribution in [2.45, 2.75) is 38.1 Å². The Kier molecular flexibility index (Phi) is 3.09. The molecule has 0 aromatic carbocycles. The Bertz CT molecular complexity index is 527. The van der Waals surface area contributed by atoms with Crippen LogP contribution in [0.3, 0.4) is 0 Å². The smallest absolute Gasteiger partial charge is 0.263 e. The van der Waals surface area contributed by atoms with E-state index in [0.717, 1.165) is 25.7 Å². The predicted molar refractivity (Wildman–Crippen MR) is 74.2 cm³/mol. The first-order valence-electron chi connectivity index (χ1n) is 7.12. The van der Waals surface area contributed by atoms with Gasteiger partial charge in [0.1, 0.15) is 0 Å². The Morgan fingerprint density at radius 1 is 1.30 bits per heavy atom. The number of hydrogen-bond donors (Lipinski definition) is 1. The van der Waals surface area contributed by atoms with Crippen molar-refractivity contribution < 1.29 is 9.59 Å². The van der Waals surface area contributed by atoms with Crippen LogP contribution >= 0.6 is 0 Å². The number of amides is 2. The lowest BCUT2D eigenvalue weighted by Gasteiger charge is -2.44. The molecule has 2 amide bonds. The monoisotopic (exact) mass is 273 g/mol. The summed E-state index contributed by atoms with van der Waals surface area (Å²) < 4.78 is 0. The van der Waals surface area contributed by atoms with E-state index in [2.05, 4.69) is 11.9 Å². The molecule has 1 aromatic heterocycles. The van der Waals surface area contributed by atoms with E-state index in [0.29, 0.717) is 23.6 Å². The lowest BCUT2D eigenvalue weighted by molar-refractivity contribution is 0.0309. The van der Waals surface area contributed by atoms with E-state index < -0.39 is 5.54 Å². The fourth-order valence-electron chi connectivity index (χ4n) is 3.33. The highest BCUT2D eigenvalue weighted by molar-refractivity contribution is 6.21. The number of fused-ring (bicyclic) bond motifs is 1. The maximum Gasteiger partial charge on any atom is 0.263 e. The molecule has 1 saturated carbocycles. The van der Waals surface area contributed by atoms with Gasteiger partial charge in [0.05, 0.1) is 16.7 Å². The number of hydrogen-bond acceptors (Lipinski definition) is 4. The summed E-state index contributed by atoms with van der Waals surface area (Å²) in [6, 6.07) is 1.62. The molecule has 2 heterocycles. The molecule has 0 unspecified atom stereocenters. The Morgan fingerprint density at radius 3 is 2.55 bits per heavy atom. The van der Waals surface area contributed by atoms with Crippen LogP contribution in [0.2, 0.25) is 0 Å². The number of pyridine rings is 1. The van der Waals surface area contributed by atoms with E-state index in [1.54, 1.807) is 12.3 Å². The van der Waals surface area contributed by atoms with Crippen molar-refractivity contribution in [3.8, 4) is 0 Å². The van der Waals surface area contributed by atoms with Gasteiger partial charge in [0, 0.05) is 18.9 Å². The third-order valence-corrected chi connectivity index (χ3v) is 4.75. The van der Waals surface area contributed by atoms with E-state index in [1.165, 1.54) is 11.1 Å². The summed E-state index contributed by atoms with van der Waals surface area (Å²) in [4.78, 5) is 30.5. The van der Waals surface area contributed by atoms with Gasteiger partial charge in [-0.15, -0.1) is 0 Å². The zero-order valence-corrected chi connectivity index (χ0v) is 11.6. The average molecular weight is 273 g/mol. The first-order chi connectivity index (χ1) is 9.59. The molecule has 20 heavy (non-hydrogen) atoms. The van der Waals surface area contributed by atoms with Crippen LogP contribution in [0, 0.1) is 5.92 Å². The highest BCUT2D eigenvalue weighted by Gasteiger charge is 2.49. The maximum absolute atomic E-state index is 12.6. The molecule has 106 valence electrons. The van der Waals surface area contributed by atoms with Crippen molar-refractivity contribution in [2.24, 2.45) is 11.7 Å². The van der Waals surface area contributed by atoms with Gasteiger partial charge in [-0.25, -0.2) is 0 Å². The molecule has 0 saturated heterocycles. The van der Waals surface area contributed by atoms with Crippen LogP contribution in [0.5, 0.6) is 0 Å². The molecule has 5 heteroatoms. The Labute approximate surface area is 118 Å². The molecule has 5 nitrogen and oxygen atoms in total. The topological polar surface area (TPSA) is 76.3 Å². The SMILES string of the molecule is CC1CCC(CN)(N2C(=O)c3ccncc3C2=O)CC1. The zero-order chi connectivity index (χ0) is 14.3. The van der Waals surface area contributed by atoms with Crippen LogP contribution in [-0.4, -0.2) is 33.8 Å². The number of rotatable bonds is 2. The average Bonchev–Trinajstić information content (AvgIpc) is 2.74. The normalized spacial score (nSPS) is 29.7. The van der Waals surface area contributed by atoms with Gasteiger partial charge in [0.15, 0.2) is 0 Å². The molecule has 0 spiro atoms. The van der Waals surface area contributed by atoms with Crippen molar-refractivity contribution in [1.29, 1.82) is 0 Å². The first kappa shape index (κ1) is 13.2. The third kappa shape index (κ3) is 1.77. The highest BCUT2D eigenvalue weighted by Crippen LogP contribution is 2.39. The van der Waals surface area contributed by atoms with Gasteiger partial charge in [-0.3, -0.25) is 19.5 Å².